The van der Waals surface area contributed by atoms with E-state index in [1.165, 1.54) is 57.8 Å². The van der Waals surface area contributed by atoms with Gasteiger partial charge in [0.05, 0.1) is 5.56 Å². The first kappa shape index (κ1) is 25.6. The fraction of sp³-hybridized carbons (Fsp3) is 0.696. The summed E-state index contributed by atoms with van der Waals surface area (Å²) in [6.45, 7) is 2.24. The molecule has 0 aliphatic heterocycles. The Morgan fingerprint density at radius 2 is 1.34 bits per heavy atom. The molecule has 0 spiro atoms. The first-order valence-corrected chi connectivity index (χ1v) is 12.9. The molecule has 1 rings (SSSR count). The molecule has 0 aliphatic rings. The number of sulfonamides is 1. The van der Waals surface area contributed by atoms with E-state index in [9.17, 15) is 13.2 Å². The van der Waals surface area contributed by atoms with Crippen molar-refractivity contribution in [1.29, 1.82) is 0 Å². The van der Waals surface area contributed by atoms with Crippen LogP contribution >= 0.6 is 0 Å². The van der Waals surface area contributed by atoms with E-state index in [2.05, 4.69) is 6.92 Å². The van der Waals surface area contributed by atoms with Crippen LogP contribution in [0.4, 0.5) is 0 Å². The van der Waals surface area contributed by atoms with Crippen LogP contribution < -0.4 is 5.14 Å². The van der Waals surface area contributed by atoms with Crippen molar-refractivity contribution in [2.75, 3.05) is 5.75 Å². The smallest absolute Gasteiger partial charge is 0.338 e. The summed E-state index contributed by atoms with van der Waals surface area (Å²) >= 11 is 0. The number of ether oxygens (including phenoxy) is 1. The fourth-order valence-corrected chi connectivity index (χ4v) is 4.19. The van der Waals surface area contributed by atoms with Gasteiger partial charge in [0.2, 0.25) is 10.0 Å². The van der Waals surface area contributed by atoms with Crippen molar-refractivity contribution in [3.05, 3.63) is 35.9 Å². The van der Waals surface area contributed by atoms with Crippen molar-refractivity contribution in [3.63, 3.8) is 0 Å². The highest BCUT2D eigenvalue weighted by molar-refractivity contribution is 7.89. The van der Waals surface area contributed by atoms with E-state index in [1.54, 1.807) is 24.3 Å². The summed E-state index contributed by atoms with van der Waals surface area (Å²) in [5.41, 5.74) is 0.418. The molecule has 0 aliphatic carbocycles. The molecular weight excluding hydrogens is 386 g/mol. The van der Waals surface area contributed by atoms with Crippen molar-refractivity contribution in [1.82, 2.24) is 0 Å². The normalized spacial score (nSPS) is 12.6. The number of unbranched alkanes of at least 4 members (excludes halogenated alkanes) is 11. The molecule has 29 heavy (non-hydrogen) atoms. The zero-order chi connectivity index (χ0) is 21.4. The Morgan fingerprint density at radius 3 is 1.83 bits per heavy atom. The molecule has 0 radical (unpaired) electrons. The predicted molar refractivity (Wildman–Crippen MR) is 119 cm³/mol. The third-order valence-electron chi connectivity index (χ3n) is 5.08. The van der Waals surface area contributed by atoms with Gasteiger partial charge in [-0.1, -0.05) is 95.8 Å². The Balaban J connectivity index is 2.20. The minimum Gasteiger partial charge on any atom is -0.458 e. The number of primary sulfonamides is 1. The van der Waals surface area contributed by atoms with Crippen molar-refractivity contribution < 1.29 is 17.9 Å². The average molecular weight is 426 g/mol. The number of esters is 1. The van der Waals surface area contributed by atoms with Crippen LogP contribution in [0.25, 0.3) is 0 Å². The lowest BCUT2D eigenvalue weighted by Gasteiger charge is -2.17. The molecule has 0 amide bonds. The number of carbonyl (C=O) groups is 1. The molecule has 0 saturated heterocycles. The lowest BCUT2D eigenvalue weighted by atomic mass is 10.0. The van der Waals surface area contributed by atoms with E-state index in [-0.39, 0.29) is 5.75 Å². The minimum absolute atomic E-state index is 0.330. The van der Waals surface area contributed by atoms with Gasteiger partial charge in [-0.05, 0) is 25.0 Å². The molecule has 0 fully saturated rings. The molecule has 5 nitrogen and oxygen atoms in total. The summed E-state index contributed by atoms with van der Waals surface area (Å²) in [4.78, 5) is 12.2. The predicted octanol–water partition coefficient (Wildman–Crippen LogP) is 5.59. The molecule has 0 heterocycles. The third kappa shape index (κ3) is 14.3. The van der Waals surface area contributed by atoms with Gasteiger partial charge in [-0.15, -0.1) is 0 Å². The second-order valence-electron chi connectivity index (χ2n) is 7.90. The second kappa shape index (κ2) is 15.4. The van der Waals surface area contributed by atoms with Crippen molar-refractivity contribution >= 4 is 16.0 Å². The summed E-state index contributed by atoms with van der Waals surface area (Å²) in [6.07, 6.45) is 14.6. The van der Waals surface area contributed by atoms with E-state index >= 15 is 0 Å². The third-order valence-corrected chi connectivity index (χ3v) is 5.92. The molecule has 166 valence electrons. The molecule has 1 aromatic rings. The van der Waals surface area contributed by atoms with Gasteiger partial charge in [0, 0.05) is 0 Å². The lowest BCUT2D eigenvalue weighted by Crippen LogP contribution is -2.30. The van der Waals surface area contributed by atoms with Crippen LogP contribution in [-0.2, 0) is 14.8 Å². The van der Waals surface area contributed by atoms with Crippen molar-refractivity contribution in [2.24, 2.45) is 5.14 Å². The van der Waals surface area contributed by atoms with Gasteiger partial charge in [-0.3, -0.25) is 0 Å². The van der Waals surface area contributed by atoms with Gasteiger partial charge in [0.1, 0.15) is 11.9 Å². The summed E-state index contributed by atoms with van der Waals surface area (Å²) < 4.78 is 28.3. The molecule has 1 unspecified atom stereocenters. The maximum atomic E-state index is 12.2. The topological polar surface area (TPSA) is 86.5 Å². The molecule has 6 heteroatoms. The molecule has 0 bridgehead atoms. The van der Waals surface area contributed by atoms with E-state index in [0.29, 0.717) is 12.0 Å². The second-order valence-corrected chi connectivity index (χ2v) is 9.56. The van der Waals surface area contributed by atoms with Crippen LogP contribution in [0, 0.1) is 0 Å². The lowest BCUT2D eigenvalue weighted by molar-refractivity contribution is 0.0326. The van der Waals surface area contributed by atoms with Crippen LogP contribution in [0.5, 0.6) is 0 Å². The van der Waals surface area contributed by atoms with E-state index < -0.39 is 22.1 Å². The summed E-state index contributed by atoms with van der Waals surface area (Å²) in [5.74, 6) is -0.831. The molecule has 1 atom stereocenters. The van der Waals surface area contributed by atoms with Crippen LogP contribution in [-0.4, -0.2) is 26.2 Å². The van der Waals surface area contributed by atoms with Crippen LogP contribution in [0.1, 0.15) is 101 Å². The number of hydrogen-bond donors (Lipinski definition) is 1. The number of benzene rings is 1. The van der Waals surface area contributed by atoms with Gasteiger partial charge in [-0.2, -0.15) is 0 Å². The molecule has 1 aromatic carbocycles. The Kier molecular flexibility index (Phi) is 13.7. The highest BCUT2D eigenvalue weighted by Crippen LogP contribution is 2.15. The highest BCUT2D eigenvalue weighted by atomic mass is 32.2. The van der Waals surface area contributed by atoms with E-state index in [4.69, 9.17) is 9.88 Å². The molecule has 0 aromatic heterocycles. The fourth-order valence-electron chi connectivity index (χ4n) is 3.44. The average Bonchev–Trinajstić information content (AvgIpc) is 2.68. The summed E-state index contributed by atoms with van der Waals surface area (Å²) in [5, 5.41) is 5.17. The maximum absolute atomic E-state index is 12.2. The van der Waals surface area contributed by atoms with Gasteiger partial charge in [0.25, 0.3) is 0 Å². The molecular formula is C23H39NO4S. The Bertz CT molecular complexity index is 646. The Morgan fingerprint density at radius 1 is 0.862 bits per heavy atom. The maximum Gasteiger partial charge on any atom is 0.338 e. The van der Waals surface area contributed by atoms with Crippen molar-refractivity contribution in [2.45, 2.75) is 96.5 Å². The summed E-state index contributed by atoms with van der Waals surface area (Å²) in [7, 11) is -3.69. The molecule has 0 saturated carbocycles. The van der Waals surface area contributed by atoms with Crippen LogP contribution in [0.15, 0.2) is 30.3 Å². The van der Waals surface area contributed by atoms with Gasteiger partial charge in [0.15, 0.2) is 0 Å². The minimum atomic E-state index is -3.69. The zero-order valence-corrected chi connectivity index (χ0v) is 18.8. The van der Waals surface area contributed by atoms with Crippen LogP contribution in [0.3, 0.4) is 0 Å². The van der Waals surface area contributed by atoms with E-state index in [0.717, 1.165) is 19.3 Å². The monoisotopic (exact) mass is 425 g/mol. The Hall–Kier alpha value is -1.40. The highest BCUT2D eigenvalue weighted by Gasteiger charge is 2.20. The first-order valence-electron chi connectivity index (χ1n) is 11.2. The van der Waals surface area contributed by atoms with Crippen molar-refractivity contribution in [3.8, 4) is 0 Å². The van der Waals surface area contributed by atoms with Gasteiger partial charge < -0.3 is 4.74 Å². The quantitative estimate of drug-likeness (QED) is 0.260. The van der Waals surface area contributed by atoms with Gasteiger partial charge in [-0.25, -0.2) is 18.4 Å². The number of rotatable bonds is 17. The Labute approximate surface area is 177 Å². The zero-order valence-electron chi connectivity index (χ0n) is 18.0. The van der Waals surface area contributed by atoms with Crippen LogP contribution in [0.2, 0.25) is 0 Å². The SMILES string of the molecule is CCCCCCCCCCCCCCC(CS(N)(=O)=O)OC(=O)c1ccccc1. The first-order chi connectivity index (χ1) is 13.9. The largest absolute Gasteiger partial charge is 0.458 e. The number of carbonyl (C=O) groups excluding carboxylic acids is 1. The molecule has 2 N–H and O–H groups in total. The van der Waals surface area contributed by atoms with E-state index in [1.807, 2.05) is 6.07 Å². The summed E-state index contributed by atoms with van der Waals surface area (Å²) in [6, 6.07) is 8.61. The number of hydrogen-bond acceptors (Lipinski definition) is 4. The van der Waals surface area contributed by atoms with Gasteiger partial charge >= 0.3 is 5.97 Å². The standard InChI is InChI=1S/C23H39NO4S/c1-2-3-4-5-6-7-8-9-10-11-12-16-19-22(20-29(24,26)27)28-23(25)21-17-14-13-15-18-21/h13-15,17-18,22H,2-12,16,19-20H2,1H3,(H2,24,26,27). The number of nitrogens with two attached hydrogens (primary N) is 1.